The van der Waals surface area contributed by atoms with Gasteiger partial charge in [-0.15, -0.1) is 0 Å². The average Bonchev–Trinajstić information content (AvgIpc) is 3.11. The molecule has 1 atom stereocenters. The third-order valence-electron chi connectivity index (χ3n) is 4.23. The van der Waals surface area contributed by atoms with E-state index in [0.717, 1.165) is 24.1 Å². The smallest absolute Gasteiger partial charge is 0.415 e. The average molecular weight is 374 g/mol. The van der Waals surface area contributed by atoms with Crippen LogP contribution >= 0.6 is 15.9 Å². The molecule has 2 aliphatic rings. The SMILES string of the molecule is O=C1O[C@@H](CN2Cc3ccccc3C2)CN1c1ccc(Br)cn1. The van der Waals surface area contributed by atoms with Gasteiger partial charge in [-0.3, -0.25) is 9.80 Å². The number of fused-ring (bicyclic) bond motifs is 1. The minimum atomic E-state index is -0.318. The van der Waals surface area contributed by atoms with Gasteiger partial charge in [-0.2, -0.15) is 0 Å². The first-order valence-electron chi connectivity index (χ1n) is 7.58. The second-order valence-corrected chi connectivity index (χ2v) is 6.80. The summed E-state index contributed by atoms with van der Waals surface area (Å²) < 4.78 is 6.40. The molecule has 118 valence electrons. The lowest BCUT2D eigenvalue weighted by Gasteiger charge is -2.18. The number of cyclic esters (lactones) is 1. The normalized spacial score (nSPS) is 20.7. The number of hydrogen-bond donors (Lipinski definition) is 0. The van der Waals surface area contributed by atoms with E-state index in [1.165, 1.54) is 11.1 Å². The molecule has 2 aromatic rings. The zero-order chi connectivity index (χ0) is 15.8. The molecule has 0 N–H and O–H groups in total. The fourth-order valence-corrected chi connectivity index (χ4v) is 3.39. The topological polar surface area (TPSA) is 45.7 Å². The molecule has 1 aromatic heterocycles. The molecular formula is C17H16BrN3O2. The number of halogens is 1. The van der Waals surface area contributed by atoms with Gasteiger partial charge in [0.05, 0.1) is 6.54 Å². The number of carbonyl (C=O) groups is 1. The highest BCUT2D eigenvalue weighted by Crippen LogP contribution is 2.25. The van der Waals surface area contributed by atoms with Gasteiger partial charge in [0.25, 0.3) is 0 Å². The maximum absolute atomic E-state index is 12.1. The second-order valence-electron chi connectivity index (χ2n) is 5.89. The first-order chi connectivity index (χ1) is 11.2. The lowest BCUT2D eigenvalue weighted by molar-refractivity contribution is 0.108. The van der Waals surface area contributed by atoms with Gasteiger partial charge in [0.1, 0.15) is 11.9 Å². The summed E-state index contributed by atoms with van der Waals surface area (Å²) in [5, 5.41) is 0. The number of ether oxygens (including phenoxy) is 1. The van der Waals surface area contributed by atoms with Crippen molar-refractivity contribution in [3.63, 3.8) is 0 Å². The molecule has 0 aliphatic carbocycles. The molecule has 1 aromatic carbocycles. The van der Waals surface area contributed by atoms with Gasteiger partial charge in [-0.25, -0.2) is 9.78 Å². The van der Waals surface area contributed by atoms with Crippen molar-refractivity contribution in [2.45, 2.75) is 19.2 Å². The van der Waals surface area contributed by atoms with E-state index in [9.17, 15) is 4.79 Å². The van der Waals surface area contributed by atoms with Crippen LogP contribution in [0.2, 0.25) is 0 Å². The van der Waals surface area contributed by atoms with Crippen molar-refractivity contribution >= 4 is 27.8 Å². The number of amides is 1. The van der Waals surface area contributed by atoms with Crippen molar-refractivity contribution in [1.29, 1.82) is 0 Å². The maximum atomic E-state index is 12.1. The van der Waals surface area contributed by atoms with Crippen LogP contribution in [-0.2, 0) is 17.8 Å². The lowest BCUT2D eigenvalue weighted by Crippen LogP contribution is -2.32. The molecule has 0 bridgehead atoms. The first-order valence-corrected chi connectivity index (χ1v) is 8.37. The number of hydrogen-bond acceptors (Lipinski definition) is 4. The lowest BCUT2D eigenvalue weighted by atomic mass is 10.1. The fraction of sp³-hybridized carbons (Fsp3) is 0.294. The Labute approximate surface area is 143 Å². The molecule has 4 rings (SSSR count). The van der Waals surface area contributed by atoms with Crippen LogP contribution in [0.5, 0.6) is 0 Å². The minimum Gasteiger partial charge on any atom is -0.443 e. The highest BCUT2D eigenvalue weighted by Gasteiger charge is 2.35. The molecule has 3 heterocycles. The van der Waals surface area contributed by atoms with E-state index in [4.69, 9.17) is 4.74 Å². The van der Waals surface area contributed by atoms with E-state index in [1.807, 2.05) is 12.1 Å². The number of nitrogens with zero attached hydrogens (tertiary/aromatic N) is 3. The molecule has 6 heteroatoms. The second kappa shape index (κ2) is 5.94. The summed E-state index contributed by atoms with van der Waals surface area (Å²) in [7, 11) is 0. The Balaban J connectivity index is 1.41. The quantitative estimate of drug-likeness (QED) is 0.828. The number of anilines is 1. The largest absolute Gasteiger partial charge is 0.443 e. The molecular weight excluding hydrogens is 358 g/mol. The number of pyridine rings is 1. The first kappa shape index (κ1) is 14.7. The summed E-state index contributed by atoms with van der Waals surface area (Å²) in [6.07, 6.45) is 1.25. The highest BCUT2D eigenvalue weighted by atomic mass is 79.9. The third kappa shape index (κ3) is 2.96. The van der Waals surface area contributed by atoms with Gasteiger partial charge in [0.2, 0.25) is 0 Å². The number of carbonyl (C=O) groups excluding carboxylic acids is 1. The monoisotopic (exact) mass is 373 g/mol. The predicted octanol–water partition coefficient (Wildman–Crippen LogP) is 3.19. The Bertz CT molecular complexity index is 710. The zero-order valence-corrected chi connectivity index (χ0v) is 14.1. The molecule has 5 nitrogen and oxygen atoms in total. The van der Waals surface area contributed by atoms with Crippen LogP contribution in [0, 0.1) is 0 Å². The molecule has 2 aliphatic heterocycles. The molecule has 1 amide bonds. The maximum Gasteiger partial charge on any atom is 0.415 e. The van der Waals surface area contributed by atoms with Gasteiger partial charge in [0, 0.05) is 30.3 Å². The predicted molar refractivity (Wildman–Crippen MR) is 90.1 cm³/mol. The molecule has 0 unspecified atom stereocenters. The van der Waals surface area contributed by atoms with Crippen LogP contribution in [-0.4, -0.2) is 35.2 Å². The Morgan fingerprint density at radius 2 is 1.91 bits per heavy atom. The summed E-state index contributed by atoms with van der Waals surface area (Å²) >= 11 is 3.35. The summed E-state index contributed by atoms with van der Waals surface area (Å²) in [5.74, 6) is 0.630. The van der Waals surface area contributed by atoms with Crippen LogP contribution in [0.1, 0.15) is 11.1 Å². The Kier molecular flexibility index (Phi) is 3.79. The van der Waals surface area contributed by atoms with Crippen molar-refractivity contribution in [2.75, 3.05) is 18.0 Å². The van der Waals surface area contributed by atoms with E-state index < -0.39 is 0 Å². The van der Waals surface area contributed by atoms with E-state index in [0.29, 0.717) is 12.4 Å². The molecule has 0 radical (unpaired) electrons. The van der Waals surface area contributed by atoms with E-state index in [1.54, 1.807) is 11.1 Å². The fourth-order valence-electron chi connectivity index (χ4n) is 3.15. The van der Waals surface area contributed by atoms with Gasteiger partial charge in [-0.1, -0.05) is 24.3 Å². The number of benzene rings is 1. The van der Waals surface area contributed by atoms with Gasteiger partial charge in [0.15, 0.2) is 0 Å². The molecule has 1 fully saturated rings. The molecule has 1 saturated heterocycles. The summed E-state index contributed by atoms with van der Waals surface area (Å²) in [4.78, 5) is 20.3. The Morgan fingerprint density at radius 1 is 1.17 bits per heavy atom. The van der Waals surface area contributed by atoms with Crippen LogP contribution in [0.25, 0.3) is 0 Å². The zero-order valence-electron chi connectivity index (χ0n) is 12.5. The third-order valence-corrected chi connectivity index (χ3v) is 4.70. The van der Waals surface area contributed by atoms with Gasteiger partial charge < -0.3 is 4.74 Å². The number of aromatic nitrogens is 1. The van der Waals surface area contributed by atoms with Crippen molar-refractivity contribution in [1.82, 2.24) is 9.88 Å². The Morgan fingerprint density at radius 3 is 2.57 bits per heavy atom. The van der Waals surface area contributed by atoms with E-state index >= 15 is 0 Å². The minimum absolute atomic E-state index is 0.123. The van der Waals surface area contributed by atoms with Crippen molar-refractivity contribution in [3.05, 3.63) is 58.2 Å². The molecule has 0 saturated carbocycles. The van der Waals surface area contributed by atoms with Crippen LogP contribution < -0.4 is 4.90 Å². The summed E-state index contributed by atoms with van der Waals surface area (Å²) in [6, 6.07) is 12.2. The standard InChI is InChI=1S/C17H16BrN3O2/c18-14-5-6-16(19-7-14)21-11-15(23-17(21)22)10-20-8-12-3-1-2-4-13(12)9-20/h1-7,15H,8-11H2/t15-/m0/s1. The Hall–Kier alpha value is -1.92. The van der Waals surface area contributed by atoms with Gasteiger partial charge >= 0.3 is 6.09 Å². The number of rotatable bonds is 3. The summed E-state index contributed by atoms with van der Waals surface area (Å²) in [5.41, 5.74) is 2.73. The van der Waals surface area contributed by atoms with Gasteiger partial charge in [-0.05, 0) is 39.2 Å². The van der Waals surface area contributed by atoms with Crippen LogP contribution in [0.3, 0.4) is 0 Å². The van der Waals surface area contributed by atoms with E-state index in [2.05, 4.69) is 50.1 Å². The van der Waals surface area contributed by atoms with Crippen LogP contribution in [0.4, 0.5) is 10.6 Å². The summed E-state index contributed by atoms with van der Waals surface area (Å²) in [6.45, 7) is 3.12. The van der Waals surface area contributed by atoms with Crippen molar-refractivity contribution in [2.24, 2.45) is 0 Å². The van der Waals surface area contributed by atoms with Crippen molar-refractivity contribution in [3.8, 4) is 0 Å². The molecule has 23 heavy (non-hydrogen) atoms. The van der Waals surface area contributed by atoms with E-state index in [-0.39, 0.29) is 12.2 Å². The van der Waals surface area contributed by atoms with Crippen molar-refractivity contribution < 1.29 is 9.53 Å². The van der Waals surface area contributed by atoms with Crippen LogP contribution in [0.15, 0.2) is 47.1 Å². The highest BCUT2D eigenvalue weighted by molar-refractivity contribution is 9.10. The molecule has 0 spiro atoms.